The highest BCUT2D eigenvalue weighted by Crippen LogP contribution is 2.29. The van der Waals surface area contributed by atoms with Crippen molar-refractivity contribution in [2.24, 2.45) is 5.92 Å². The normalized spacial score (nSPS) is 16.7. The molecule has 1 aliphatic carbocycles. The number of benzene rings is 1. The van der Waals surface area contributed by atoms with Crippen LogP contribution in [-0.4, -0.2) is 13.0 Å². The third-order valence-corrected chi connectivity index (χ3v) is 4.40. The van der Waals surface area contributed by atoms with Gasteiger partial charge in [-0.3, -0.25) is 4.79 Å². The van der Waals surface area contributed by atoms with Gasteiger partial charge in [-0.1, -0.05) is 37.3 Å². The Morgan fingerprint density at radius 3 is 2.60 bits per heavy atom. The Hall–Kier alpha value is -1.22. The van der Waals surface area contributed by atoms with Gasteiger partial charge in [-0.25, -0.2) is 0 Å². The van der Waals surface area contributed by atoms with E-state index in [-0.39, 0.29) is 5.91 Å². The molecule has 1 amide bonds. The lowest BCUT2D eigenvalue weighted by molar-refractivity contribution is -0.119. The van der Waals surface area contributed by atoms with Crippen molar-refractivity contribution < 1.29 is 4.79 Å². The largest absolute Gasteiger partial charge is 0.397 e. The molecule has 0 aliphatic heterocycles. The summed E-state index contributed by atoms with van der Waals surface area (Å²) in [6.07, 6.45) is 8.07. The van der Waals surface area contributed by atoms with Crippen LogP contribution in [0.1, 0.15) is 44.9 Å². The molecule has 2 N–H and O–H groups in total. The lowest BCUT2D eigenvalue weighted by Gasteiger charge is -2.22. The molecule has 0 radical (unpaired) electrons. The van der Waals surface area contributed by atoms with Crippen molar-refractivity contribution in [2.75, 3.05) is 17.7 Å². The molecule has 0 atom stereocenters. The number of anilines is 2. The summed E-state index contributed by atoms with van der Waals surface area (Å²) in [5, 5.41) is 0.600. The molecule has 0 unspecified atom stereocenters. The second-order valence-corrected chi connectivity index (χ2v) is 6.15. The van der Waals surface area contributed by atoms with E-state index >= 15 is 0 Å². The fourth-order valence-electron chi connectivity index (χ4n) is 2.89. The van der Waals surface area contributed by atoms with Gasteiger partial charge in [0.2, 0.25) is 5.91 Å². The van der Waals surface area contributed by atoms with E-state index < -0.39 is 0 Å². The van der Waals surface area contributed by atoms with Crippen molar-refractivity contribution in [3.63, 3.8) is 0 Å². The molecule has 110 valence electrons. The Morgan fingerprint density at radius 2 is 1.95 bits per heavy atom. The molecule has 0 aromatic heterocycles. The van der Waals surface area contributed by atoms with Gasteiger partial charge in [0.15, 0.2) is 0 Å². The van der Waals surface area contributed by atoms with Crippen LogP contribution in [0.5, 0.6) is 0 Å². The van der Waals surface area contributed by atoms with Crippen molar-refractivity contribution >= 4 is 28.9 Å². The zero-order valence-corrected chi connectivity index (χ0v) is 12.8. The maximum Gasteiger partial charge on any atom is 0.227 e. The second kappa shape index (κ2) is 6.98. The number of nitrogens with two attached hydrogens (primary N) is 1. The molecule has 2 rings (SSSR count). The zero-order valence-electron chi connectivity index (χ0n) is 12.1. The lowest BCUT2D eigenvalue weighted by Crippen LogP contribution is -2.28. The molecule has 3 nitrogen and oxygen atoms in total. The minimum absolute atomic E-state index is 0.130. The Labute approximate surface area is 126 Å². The summed E-state index contributed by atoms with van der Waals surface area (Å²) in [6.45, 7) is 0. The molecule has 1 saturated carbocycles. The van der Waals surface area contributed by atoms with Crippen LogP contribution in [0, 0.1) is 5.92 Å². The molecule has 4 heteroatoms. The zero-order chi connectivity index (χ0) is 14.5. The minimum Gasteiger partial charge on any atom is -0.397 e. The van der Waals surface area contributed by atoms with Crippen LogP contribution in [0.2, 0.25) is 5.02 Å². The highest BCUT2D eigenvalue weighted by molar-refractivity contribution is 6.31. The summed E-state index contributed by atoms with van der Waals surface area (Å²) < 4.78 is 0. The quantitative estimate of drug-likeness (QED) is 0.669. The number of hydrogen-bond acceptors (Lipinski definition) is 2. The van der Waals surface area contributed by atoms with Crippen molar-refractivity contribution in [2.45, 2.75) is 44.9 Å². The molecule has 0 spiro atoms. The SMILES string of the molecule is CN(C(=O)CC1CCCCCC1)c1cc(Cl)ccc1N. The Bertz CT molecular complexity index is 468. The predicted octanol–water partition coefficient (Wildman–Crippen LogP) is 4.25. The van der Waals surface area contributed by atoms with Gasteiger partial charge in [0.1, 0.15) is 0 Å². The van der Waals surface area contributed by atoms with Gasteiger partial charge < -0.3 is 10.6 Å². The monoisotopic (exact) mass is 294 g/mol. The first-order valence-electron chi connectivity index (χ1n) is 7.39. The Morgan fingerprint density at radius 1 is 1.30 bits per heavy atom. The summed E-state index contributed by atoms with van der Waals surface area (Å²) in [5.74, 6) is 0.652. The molecule has 0 bridgehead atoms. The first-order valence-corrected chi connectivity index (χ1v) is 7.77. The first-order chi connectivity index (χ1) is 9.58. The third-order valence-electron chi connectivity index (χ3n) is 4.17. The summed E-state index contributed by atoms with van der Waals surface area (Å²) in [5.41, 5.74) is 7.23. The van der Waals surface area contributed by atoms with E-state index in [0.717, 1.165) is 0 Å². The molecular formula is C16H23ClN2O. The number of nitrogens with zero attached hydrogens (tertiary/aromatic N) is 1. The standard InChI is InChI=1S/C16H23ClN2O/c1-19(15-11-13(17)8-9-14(15)18)16(20)10-12-6-4-2-3-5-7-12/h8-9,11-12H,2-7,10,18H2,1H3. The number of halogens is 1. The van der Waals surface area contributed by atoms with Crippen LogP contribution >= 0.6 is 11.6 Å². The maximum absolute atomic E-state index is 12.4. The number of amides is 1. The van der Waals surface area contributed by atoms with Crippen molar-refractivity contribution in [3.05, 3.63) is 23.2 Å². The lowest BCUT2D eigenvalue weighted by atomic mass is 9.96. The van der Waals surface area contributed by atoms with Gasteiger partial charge in [0.25, 0.3) is 0 Å². The second-order valence-electron chi connectivity index (χ2n) is 5.72. The number of rotatable bonds is 3. The van der Waals surface area contributed by atoms with Crippen LogP contribution in [0.3, 0.4) is 0 Å². The van der Waals surface area contributed by atoms with Crippen LogP contribution in [0.25, 0.3) is 0 Å². The van der Waals surface area contributed by atoms with Crippen LogP contribution in [-0.2, 0) is 4.79 Å². The molecule has 1 aromatic carbocycles. The highest BCUT2D eigenvalue weighted by atomic mass is 35.5. The van der Waals surface area contributed by atoms with Gasteiger partial charge in [0.05, 0.1) is 11.4 Å². The van der Waals surface area contributed by atoms with E-state index in [1.54, 1.807) is 30.1 Å². The topological polar surface area (TPSA) is 46.3 Å². The summed E-state index contributed by atoms with van der Waals surface area (Å²) in [7, 11) is 1.78. The van der Waals surface area contributed by atoms with Crippen LogP contribution < -0.4 is 10.6 Å². The van der Waals surface area contributed by atoms with E-state index in [0.29, 0.717) is 28.7 Å². The van der Waals surface area contributed by atoms with E-state index in [2.05, 4.69) is 0 Å². The van der Waals surface area contributed by atoms with Crippen LogP contribution in [0.4, 0.5) is 11.4 Å². The minimum atomic E-state index is 0.130. The van der Waals surface area contributed by atoms with E-state index in [9.17, 15) is 4.79 Å². The van der Waals surface area contributed by atoms with E-state index in [4.69, 9.17) is 17.3 Å². The number of nitrogen functional groups attached to an aromatic ring is 1. The van der Waals surface area contributed by atoms with Crippen LogP contribution in [0.15, 0.2) is 18.2 Å². The summed E-state index contributed by atoms with van der Waals surface area (Å²) in [4.78, 5) is 14.1. The highest BCUT2D eigenvalue weighted by Gasteiger charge is 2.20. The van der Waals surface area contributed by atoms with E-state index in [1.807, 2.05) is 0 Å². The van der Waals surface area contributed by atoms with Gasteiger partial charge in [-0.2, -0.15) is 0 Å². The van der Waals surface area contributed by atoms with Crippen molar-refractivity contribution in [1.82, 2.24) is 0 Å². The van der Waals surface area contributed by atoms with E-state index in [1.165, 1.54) is 38.5 Å². The third kappa shape index (κ3) is 3.89. The predicted molar refractivity (Wildman–Crippen MR) is 85.1 cm³/mol. The fraction of sp³-hybridized carbons (Fsp3) is 0.562. The number of carbonyl (C=O) groups is 1. The maximum atomic E-state index is 12.4. The van der Waals surface area contributed by atoms with Crippen molar-refractivity contribution in [3.8, 4) is 0 Å². The molecule has 0 saturated heterocycles. The average Bonchev–Trinajstić information content (AvgIpc) is 2.69. The smallest absolute Gasteiger partial charge is 0.227 e. The van der Waals surface area contributed by atoms with Gasteiger partial charge >= 0.3 is 0 Å². The molecule has 1 fully saturated rings. The van der Waals surface area contributed by atoms with Crippen molar-refractivity contribution in [1.29, 1.82) is 0 Å². The van der Waals surface area contributed by atoms with Gasteiger partial charge in [-0.15, -0.1) is 0 Å². The molecule has 20 heavy (non-hydrogen) atoms. The average molecular weight is 295 g/mol. The number of carbonyl (C=O) groups excluding carboxylic acids is 1. The first kappa shape index (κ1) is 15.2. The number of hydrogen-bond donors (Lipinski definition) is 1. The Kier molecular flexibility index (Phi) is 5.30. The van der Waals surface area contributed by atoms with Gasteiger partial charge in [-0.05, 0) is 37.0 Å². The summed E-state index contributed by atoms with van der Waals surface area (Å²) in [6, 6.07) is 5.24. The molecule has 1 aromatic rings. The Balaban J connectivity index is 2.02. The summed E-state index contributed by atoms with van der Waals surface area (Å²) >= 11 is 5.99. The molecule has 0 heterocycles. The molecular weight excluding hydrogens is 272 g/mol. The fourth-order valence-corrected chi connectivity index (χ4v) is 3.06. The van der Waals surface area contributed by atoms with Gasteiger partial charge in [0, 0.05) is 18.5 Å². The molecule has 1 aliphatic rings.